The fraction of sp³-hybridized carbons (Fsp3) is 0.240. The third-order valence-electron chi connectivity index (χ3n) is 5.73. The van der Waals surface area contributed by atoms with Crippen molar-refractivity contribution in [3.8, 4) is 11.1 Å². The first-order valence-electron chi connectivity index (χ1n) is 10.1. The highest BCUT2D eigenvalue weighted by Crippen LogP contribution is 2.30. The maximum absolute atomic E-state index is 13.2. The van der Waals surface area contributed by atoms with Crippen molar-refractivity contribution in [3.63, 3.8) is 0 Å². The fourth-order valence-electron chi connectivity index (χ4n) is 3.99. The van der Waals surface area contributed by atoms with Gasteiger partial charge in [0.05, 0.1) is 12.2 Å². The van der Waals surface area contributed by atoms with Crippen LogP contribution in [0.25, 0.3) is 16.0 Å². The summed E-state index contributed by atoms with van der Waals surface area (Å²) in [5.41, 5.74) is 3.30. The standard InChI is InChI=1S/C25H23N3O2/c1-26-21-8-6-19(7-9-21)18-25(30)12-16-28(17-13-25)24(29)23-5-3-2-4-22(23)20-10-14-27-15-11-20/h2-11,14-15,30H,12-13,16-18H2. The molecular formula is C25H23N3O2. The first-order valence-corrected chi connectivity index (χ1v) is 10.1. The summed E-state index contributed by atoms with van der Waals surface area (Å²) in [5.74, 6) is -0.00845. The Balaban J connectivity index is 1.45. The average Bonchev–Trinajstić information content (AvgIpc) is 2.80. The van der Waals surface area contributed by atoms with Crippen LogP contribution in [-0.2, 0) is 6.42 Å². The summed E-state index contributed by atoms with van der Waals surface area (Å²) in [5, 5.41) is 11.0. The van der Waals surface area contributed by atoms with Gasteiger partial charge in [-0.1, -0.05) is 42.5 Å². The van der Waals surface area contributed by atoms with Crippen molar-refractivity contribution in [1.29, 1.82) is 0 Å². The number of amides is 1. The van der Waals surface area contributed by atoms with E-state index in [0.717, 1.165) is 16.7 Å². The van der Waals surface area contributed by atoms with Crippen molar-refractivity contribution < 1.29 is 9.90 Å². The van der Waals surface area contributed by atoms with Gasteiger partial charge in [-0.05, 0) is 47.7 Å². The van der Waals surface area contributed by atoms with Crippen LogP contribution in [0.5, 0.6) is 0 Å². The number of likely N-dealkylation sites (tertiary alicyclic amines) is 1. The molecule has 0 radical (unpaired) electrons. The van der Waals surface area contributed by atoms with E-state index in [9.17, 15) is 9.90 Å². The number of hydrogen-bond donors (Lipinski definition) is 1. The lowest BCUT2D eigenvalue weighted by molar-refractivity contribution is -0.0162. The Hall–Kier alpha value is -3.49. The molecule has 150 valence electrons. The van der Waals surface area contributed by atoms with Crippen LogP contribution < -0.4 is 0 Å². The van der Waals surface area contributed by atoms with Crippen molar-refractivity contribution in [2.45, 2.75) is 24.9 Å². The second kappa shape index (κ2) is 8.48. The molecule has 1 aliphatic heterocycles. The molecule has 5 nitrogen and oxygen atoms in total. The minimum atomic E-state index is -0.832. The number of carbonyl (C=O) groups excluding carboxylic acids is 1. The predicted molar refractivity (Wildman–Crippen MR) is 116 cm³/mol. The Morgan fingerprint density at radius 1 is 1.03 bits per heavy atom. The minimum absolute atomic E-state index is 0.00845. The van der Waals surface area contributed by atoms with Crippen molar-refractivity contribution in [1.82, 2.24) is 9.88 Å². The molecule has 1 aliphatic rings. The van der Waals surface area contributed by atoms with Gasteiger partial charge in [0.2, 0.25) is 0 Å². The summed E-state index contributed by atoms with van der Waals surface area (Å²) in [6.07, 6.45) is 5.03. The number of piperidine rings is 1. The quantitative estimate of drug-likeness (QED) is 0.659. The van der Waals surface area contributed by atoms with Gasteiger partial charge in [-0.25, -0.2) is 4.85 Å². The molecule has 1 aromatic heterocycles. The van der Waals surface area contributed by atoms with Crippen LogP contribution in [0.3, 0.4) is 0 Å². The van der Waals surface area contributed by atoms with E-state index in [1.165, 1.54) is 0 Å². The normalized spacial score (nSPS) is 15.4. The summed E-state index contributed by atoms with van der Waals surface area (Å²) < 4.78 is 0. The molecule has 0 aliphatic carbocycles. The Kier molecular flexibility index (Phi) is 5.60. The molecule has 4 rings (SSSR count). The summed E-state index contributed by atoms with van der Waals surface area (Å²) in [4.78, 5) is 22.5. The van der Waals surface area contributed by atoms with Gasteiger partial charge in [0.25, 0.3) is 5.91 Å². The number of carbonyl (C=O) groups is 1. The lowest BCUT2D eigenvalue weighted by atomic mass is 9.85. The van der Waals surface area contributed by atoms with E-state index < -0.39 is 5.60 Å². The number of nitrogens with zero attached hydrogens (tertiary/aromatic N) is 3. The third kappa shape index (κ3) is 4.24. The predicted octanol–water partition coefficient (Wildman–Crippen LogP) is 4.51. The largest absolute Gasteiger partial charge is 0.389 e. The molecule has 0 atom stereocenters. The number of aromatic nitrogens is 1. The zero-order chi connectivity index (χ0) is 21.0. The average molecular weight is 397 g/mol. The van der Waals surface area contributed by atoms with Gasteiger partial charge in [0.1, 0.15) is 0 Å². The first kappa shape index (κ1) is 19.8. The molecule has 1 N–H and O–H groups in total. The van der Waals surface area contributed by atoms with Crippen LogP contribution in [0.4, 0.5) is 5.69 Å². The summed E-state index contributed by atoms with van der Waals surface area (Å²) in [6, 6.07) is 18.8. The van der Waals surface area contributed by atoms with Gasteiger partial charge >= 0.3 is 0 Å². The fourth-order valence-corrected chi connectivity index (χ4v) is 3.99. The molecule has 3 aromatic rings. The molecule has 2 aromatic carbocycles. The number of benzene rings is 2. The molecule has 2 heterocycles. The van der Waals surface area contributed by atoms with Crippen LogP contribution in [0, 0.1) is 6.57 Å². The molecule has 0 bridgehead atoms. The maximum atomic E-state index is 13.2. The van der Waals surface area contributed by atoms with Crippen molar-refractivity contribution in [3.05, 3.63) is 95.6 Å². The van der Waals surface area contributed by atoms with Crippen LogP contribution in [-0.4, -0.2) is 39.6 Å². The molecule has 30 heavy (non-hydrogen) atoms. The van der Waals surface area contributed by atoms with E-state index in [-0.39, 0.29) is 5.91 Å². The summed E-state index contributed by atoms with van der Waals surface area (Å²) in [6.45, 7) is 8.07. The number of pyridine rings is 1. The van der Waals surface area contributed by atoms with Gasteiger partial charge in [0, 0.05) is 37.5 Å². The van der Waals surface area contributed by atoms with Gasteiger partial charge in [-0.2, -0.15) is 0 Å². The molecule has 5 heteroatoms. The van der Waals surface area contributed by atoms with Gasteiger partial charge in [0.15, 0.2) is 5.69 Å². The zero-order valence-electron chi connectivity index (χ0n) is 16.7. The number of rotatable bonds is 4. The highest BCUT2D eigenvalue weighted by atomic mass is 16.3. The molecule has 1 fully saturated rings. The van der Waals surface area contributed by atoms with Gasteiger partial charge < -0.3 is 10.0 Å². The van der Waals surface area contributed by atoms with E-state index in [2.05, 4.69) is 9.83 Å². The minimum Gasteiger partial charge on any atom is -0.389 e. The molecule has 0 saturated carbocycles. The number of hydrogen-bond acceptors (Lipinski definition) is 3. The Morgan fingerprint density at radius 3 is 2.37 bits per heavy atom. The molecule has 1 amide bonds. The number of aliphatic hydroxyl groups is 1. The van der Waals surface area contributed by atoms with E-state index >= 15 is 0 Å². The molecule has 0 spiro atoms. The Bertz CT molecular complexity index is 1060. The Labute approximate surface area is 176 Å². The van der Waals surface area contributed by atoms with Gasteiger partial charge in [-0.3, -0.25) is 9.78 Å². The van der Waals surface area contributed by atoms with E-state index in [1.54, 1.807) is 24.5 Å². The van der Waals surface area contributed by atoms with Crippen LogP contribution in [0.15, 0.2) is 73.1 Å². The lowest BCUT2D eigenvalue weighted by Crippen LogP contribution is -2.47. The maximum Gasteiger partial charge on any atom is 0.254 e. The summed E-state index contributed by atoms with van der Waals surface area (Å²) >= 11 is 0. The van der Waals surface area contributed by atoms with Crippen LogP contribution >= 0.6 is 0 Å². The SMILES string of the molecule is [C-]#[N+]c1ccc(CC2(O)CCN(C(=O)c3ccccc3-c3ccncc3)CC2)cc1. The van der Waals surface area contributed by atoms with Gasteiger partial charge in [-0.15, -0.1) is 0 Å². The van der Waals surface area contributed by atoms with Crippen LogP contribution in [0.2, 0.25) is 0 Å². The van der Waals surface area contributed by atoms with Crippen molar-refractivity contribution in [2.75, 3.05) is 13.1 Å². The highest BCUT2D eigenvalue weighted by molar-refractivity contribution is 6.00. The van der Waals surface area contributed by atoms with Crippen molar-refractivity contribution >= 4 is 11.6 Å². The topological polar surface area (TPSA) is 57.8 Å². The first-order chi connectivity index (χ1) is 14.6. The molecule has 1 saturated heterocycles. The monoisotopic (exact) mass is 397 g/mol. The smallest absolute Gasteiger partial charge is 0.254 e. The van der Waals surface area contributed by atoms with E-state index in [0.29, 0.717) is 43.6 Å². The highest BCUT2D eigenvalue weighted by Gasteiger charge is 2.34. The summed E-state index contributed by atoms with van der Waals surface area (Å²) in [7, 11) is 0. The van der Waals surface area contributed by atoms with E-state index in [1.807, 2.05) is 53.4 Å². The second-order valence-corrected chi connectivity index (χ2v) is 7.75. The van der Waals surface area contributed by atoms with Crippen LogP contribution in [0.1, 0.15) is 28.8 Å². The second-order valence-electron chi connectivity index (χ2n) is 7.75. The molecule has 0 unspecified atom stereocenters. The Morgan fingerprint density at radius 2 is 1.70 bits per heavy atom. The van der Waals surface area contributed by atoms with E-state index in [4.69, 9.17) is 6.57 Å². The lowest BCUT2D eigenvalue weighted by Gasteiger charge is -2.38. The molecular weight excluding hydrogens is 374 g/mol. The van der Waals surface area contributed by atoms with Crippen molar-refractivity contribution in [2.24, 2.45) is 0 Å². The third-order valence-corrected chi connectivity index (χ3v) is 5.73. The zero-order valence-corrected chi connectivity index (χ0v) is 16.7.